The lowest BCUT2D eigenvalue weighted by Gasteiger charge is -2.27. The number of halogens is 1. The molecule has 1 N–H and O–H groups in total. The minimum atomic E-state index is 0.277. The van der Waals surface area contributed by atoms with Gasteiger partial charge in [-0.05, 0) is 37.5 Å². The van der Waals surface area contributed by atoms with E-state index in [4.69, 9.17) is 21.3 Å². The van der Waals surface area contributed by atoms with Crippen LogP contribution in [0, 0.1) is 0 Å². The Labute approximate surface area is 140 Å². The van der Waals surface area contributed by atoms with Gasteiger partial charge in [-0.25, -0.2) is 4.98 Å². The van der Waals surface area contributed by atoms with Crippen LogP contribution >= 0.6 is 11.6 Å². The van der Waals surface area contributed by atoms with E-state index in [0.717, 1.165) is 61.8 Å². The molecule has 2 aliphatic heterocycles. The molecule has 7 nitrogen and oxygen atoms in total. The Hall–Kier alpha value is -1.44. The summed E-state index contributed by atoms with van der Waals surface area (Å²) in [5, 5.41) is 3.68. The molecule has 2 aliphatic rings. The molecule has 0 spiro atoms. The SMILES string of the molecule is Cn1c(C2CCNCC2)nc2c(N3CCOCC3)nc(Cl)nc21. The number of hydrogen-bond acceptors (Lipinski definition) is 6. The fraction of sp³-hybridized carbons (Fsp3) is 0.667. The first-order valence-electron chi connectivity index (χ1n) is 8.17. The largest absolute Gasteiger partial charge is 0.378 e. The van der Waals surface area contributed by atoms with Crippen LogP contribution in [-0.4, -0.2) is 58.9 Å². The highest BCUT2D eigenvalue weighted by molar-refractivity contribution is 6.28. The van der Waals surface area contributed by atoms with Crippen LogP contribution in [0.1, 0.15) is 24.6 Å². The van der Waals surface area contributed by atoms with Crippen molar-refractivity contribution < 1.29 is 4.74 Å². The molecule has 124 valence electrons. The van der Waals surface area contributed by atoms with Crippen molar-refractivity contribution in [3.63, 3.8) is 0 Å². The summed E-state index contributed by atoms with van der Waals surface area (Å²) in [6, 6.07) is 0. The number of aryl methyl sites for hydroxylation is 1. The van der Waals surface area contributed by atoms with E-state index < -0.39 is 0 Å². The van der Waals surface area contributed by atoms with Crippen molar-refractivity contribution in [3.05, 3.63) is 11.1 Å². The minimum Gasteiger partial charge on any atom is -0.378 e. The Kier molecular flexibility index (Phi) is 4.09. The van der Waals surface area contributed by atoms with E-state index in [-0.39, 0.29) is 5.28 Å². The van der Waals surface area contributed by atoms with Crippen molar-refractivity contribution in [2.45, 2.75) is 18.8 Å². The molecule has 2 saturated heterocycles. The van der Waals surface area contributed by atoms with Crippen molar-refractivity contribution in [2.24, 2.45) is 7.05 Å². The molecule has 0 aliphatic carbocycles. The van der Waals surface area contributed by atoms with Crippen molar-refractivity contribution >= 4 is 28.6 Å². The molecule has 4 heterocycles. The van der Waals surface area contributed by atoms with Gasteiger partial charge in [0.15, 0.2) is 17.0 Å². The van der Waals surface area contributed by atoms with Crippen LogP contribution in [0.5, 0.6) is 0 Å². The average Bonchev–Trinajstić information content (AvgIpc) is 2.93. The molecular formula is C15H21ClN6O. The zero-order valence-corrected chi connectivity index (χ0v) is 14.0. The molecule has 0 unspecified atom stereocenters. The lowest BCUT2D eigenvalue weighted by atomic mass is 9.97. The Bertz CT molecular complexity index is 706. The Morgan fingerprint density at radius 2 is 1.87 bits per heavy atom. The molecule has 2 aromatic rings. The third-order valence-corrected chi connectivity index (χ3v) is 4.89. The maximum atomic E-state index is 6.18. The minimum absolute atomic E-state index is 0.277. The zero-order valence-electron chi connectivity index (χ0n) is 13.3. The van der Waals surface area contributed by atoms with Gasteiger partial charge < -0.3 is 19.5 Å². The second-order valence-corrected chi connectivity index (χ2v) is 6.48. The number of ether oxygens (including phenoxy) is 1. The van der Waals surface area contributed by atoms with Crippen LogP contribution in [-0.2, 0) is 11.8 Å². The van der Waals surface area contributed by atoms with Crippen LogP contribution in [0.2, 0.25) is 5.28 Å². The van der Waals surface area contributed by atoms with Crippen LogP contribution in [0.15, 0.2) is 0 Å². The van der Waals surface area contributed by atoms with Crippen molar-refractivity contribution in [2.75, 3.05) is 44.3 Å². The molecule has 0 saturated carbocycles. The predicted octanol–water partition coefficient (Wildman–Crippen LogP) is 1.32. The number of nitrogens with one attached hydrogen (secondary N) is 1. The van der Waals surface area contributed by atoms with Gasteiger partial charge in [-0.15, -0.1) is 0 Å². The predicted molar refractivity (Wildman–Crippen MR) is 89.2 cm³/mol. The highest BCUT2D eigenvalue weighted by Crippen LogP contribution is 2.31. The first kappa shape index (κ1) is 15.1. The number of hydrogen-bond donors (Lipinski definition) is 1. The monoisotopic (exact) mass is 336 g/mol. The summed E-state index contributed by atoms with van der Waals surface area (Å²) in [7, 11) is 2.03. The number of nitrogens with zero attached hydrogens (tertiary/aromatic N) is 5. The van der Waals surface area contributed by atoms with Crippen molar-refractivity contribution in [1.29, 1.82) is 0 Å². The number of anilines is 1. The van der Waals surface area contributed by atoms with Crippen molar-refractivity contribution in [3.8, 4) is 0 Å². The second kappa shape index (κ2) is 6.22. The summed E-state index contributed by atoms with van der Waals surface area (Å²) in [6.07, 6.45) is 2.20. The van der Waals surface area contributed by atoms with Gasteiger partial charge in [0.2, 0.25) is 5.28 Å². The highest BCUT2D eigenvalue weighted by atomic mass is 35.5. The molecule has 0 bridgehead atoms. The summed E-state index contributed by atoms with van der Waals surface area (Å²) in [6.45, 7) is 5.10. The first-order valence-corrected chi connectivity index (χ1v) is 8.55. The summed E-state index contributed by atoms with van der Waals surface area (Å²) >= 11 is 6.18. The lowest BCUT2D eigenvalue weighted by Crippen LogP contribution is -2.37. The number of rotatable bonds is 2. The summed E-state index contributed by atoms with van der Waals surface area (Å²) < 4.78 is 7.52. The number of imidazole rings is 1. The van der Waals surface area contributed by atoms with Gasteiger partial charge in [-0.3, -0.25) is 0 Å². The van der Waals surface area contributed by atoms with E-state index in [2.05, 4.69) is 24.8 Å². The van der Waals surface area contributed by atoms with Gasteiger partial charge in [0.25, 0.3) is 0 Å². The van der Waals surface area contributed by atoms with E-state index in [1.165, 1.54) is 0 Å². The molecule has 2 fully saturated rings. The van der Waals surface area contributed by atoms with Crippen LogP contribution in [0.25, 0.3) is 11.2 Å². The van der Waals surface area contributed by atoms with E-state index in [9.17, 15) is 0 Å². The van der Waals surface area contributed by atoms with Gasteiger partial charge in [0.05, 0.1) is 13.2 Å². The summed E-state index contributed by atoms with van der Waals surface area (Å²) in [5.41, 5.74) is 1.67. The summed E-state index contributed by atoms with van der Waals surface area (Å²) in [4.78, 5) is 16.0. The fourth-order valence-corrected chi connectivity index (χ4v) is 3.64. The quantitative estimate of drug-likeness (QED) is 0.834. The lowest BCUT2D eigenvalue weighted by molar-refractivity contribution is 0.122. The highest BCUT2D eigenvalue weighted by Gasteiger charge is 2.25. The maximum Gasteiger partial charge on any atom is 0.226 e. The smallest absolute Gasteiger partial charge is 0.226 e. The molecule has 23 heavy (non-hydrogen) atoms. The van der Waals surface area contributed by atoms with Crippen LogP contribution in [0.4, 0.5) is 5.82 Å². The van der Waals surface area contributed by atoms with E-state index in [0.29, 0.717) is 19.1 Å². The zero-order chi connectivity index (χ0) is 15.8. The van der Waals surface area contributed by atoms with Gasteiger partial charge in [0, 0.05) is 26.1 Å². The first-order chi connectivity index (χ1) is 11.2. The number of fused-ring (bicyclic) bond motifs is 1. The Morgan fingerprint density at radius 3 is 2.61 bits per heavy atom. The molecule has 0 atom stereocenters. The van der Waals surface area contributed by atoms with Gasteiger partial charge >= 0.3 is 0 Å². The normalized spacial score (nSPS) is 20.3. The third kappa shape index (κ3) is 2.77. The molecule has 0 amide bonds. The molecule has 2 aromatic heterocycles. The van der Waals surface area contributed by atoms with Gasteiger partial charge in [-0.2, -0.15) is 9.97 Å². The van der Waals surface area contributed by atoms with E-state index >= 15 is 0 Å². The fourth-order valence-electron chi connectivity index (χ4n) is 3.48. The third-order valence-electron chi connectivity index (χ3n) is 4.72. The molecular weight excluding hydrogens is 316 g/mol. The molecule has 0 radical (unpaired) electrons. The Morgan fingerprint density at radius 1 is 1.13 bits per heavy atom. The van der Waals surface area contributed by atoms with Crippen LogP contribution < -0.4 is 10.2 Å². The number of morpholine rings is 1. The van der Waals surface area contributed by atoms with E-state index in [1.807, 2.05) is 7.05 Å². The van der Waals surface area contributed by atoms with Gasteiger partial charge in [-0.1, -0.05) is 0 Å². The second-order valence-electron chi connectivity index (χ2n) is 6.14. The number of aromatic nitrogens is 4. The standard InChI is InChI=1S/C15H21ClN6O/c1-21-12(10-2-4-17-5-3-10)18-11-13(21)19-15(16)20-14(11)22-6-8-23-9-7-22/h10,17H,2-9H2,1H3. The van der Waals surface area contributed by atoms with Gasteiger partial charge in [0.1, 0.15) is 5.82 Å². The number of piperidine rings is 1. The Balaban J connectivity index is 1.80. The van der Waals surface area contributed by atoms with E-state index in [1.54, 1.807) is 0 Å². The summed E-state index contributed by atoms with van der Waals surface area (Å²) in [5.74, 6) is 2.39. The molecule has 8 heteroatoms. The maximum absolute atomic E-state index is 6.18. The molecule has 4 rings (SSSR count). The average molecular weight is 337 g/mol. The van der Waals surface area contributed by atoms with Crippen LogP contribution in [0.3, 0.4) is 0 Å². The topological polar surface area (TPSA) is 68.1 Å². The molecule has 0 aromatic carbocycles. The van der Waals surface area contributed by atoms with Crippen molar-refractivity contribution in [1.82, 2.24) is 24.8 Å².